The molecule has 0 aliphatic rings. The smallest absolute Gasteiger partial charge is 0.0178 e. The quantitative estimate of drug-likeness (QED) is 0.757. The van der Waals surface area contributed by atoms with Crippen molar-refractivity contribution in [2.75, 3.05) is 0 Å². The molecule has 0 spiro atoms. The second-order valence-corrected chi connectivity index (χ2v) is 2.19. The van der Waals surface area contributed by atoms with Gasteiger partial charge in [0.15, 0.2) is 0 Å². The minimum atomic E-state index is 0. The van der Waals surface area contributed by atoms with Gasteiger partial charge in [-0.15, -0.1) is 24.0 Å². The molecular weight excluding hydrogens is 237 g/mol. The molecule has 0 radical (unpaired) electrons. The molecule has 2 N–H and O–H groups in total. The Hall–Kier alpha value is -0.0900. The lowest BCUT2D eigenvalue weighted by atomic mass is 10.2. The fourth-order valence-corrected chi connectivity index (χ4v) is 0.724. The van der Waals surface area contributed by atoms with Crippen LogP contribution in [0, 0.1) is 6.92 Å². The Kier molecular flexibility index (Phi) is 4.64. The fraction of sp³-hybridized carbons (Fsp3) is 0.250. The Morgan fingerprint density at radius 3 is 2.10 bits per heavy atom. The molecule has 1 nitrogen and oxygen atoms in total. The summed E-state index contributed by atoms with van der Waals surface area (Å²) in [7, 11) is 0. The van der Waals surface area contributed by atoms with Gasteiger partial charge in [-0.2, -0.15) is 0 Å². The second-order valence-electron chi connectivity index (χ2n) is 2.19. The van der Waals surface area contributed by atoms with E-state index in [9.17, 15) is 0 Å². The largest absolute Gasteiger partial charge is 0.326 e. The van der Waals surface area contributed by atoms with Crippen molar-refractivity contribution in [1.29, 1.82) is 0 Å². The number of rotatable bonds is 1. The number of benzene rings is 1. The van der Waals surface area contributed by atoms with Crippen LogP contribution in [0.15, 0.2) is 24.3 Å². The molecule has 0 amide bonds. The van der Waals surface area contributed by atoms with E-state index in [-0.39, 0.29) is 24.0 Å². The molecule has 0 bridgehead atoms. The third kappa shape index (κ3) is 2.66. The van der Waals surface area contributed by atoms with Crippen LogP contribution in [0.3, 0.4) is 0 Å². The van der Waals surface area contributed by atoms with Crippen molar-refractivity contribution >= 4 is 24.0 Å². The first-order valence-corrected chi connectivity index (χ1v) is 3.08. The molecule has 0 aliphatic carbocycles. The van der Waals surface area contributed by atoms with Gasteiger partial charge >= 0.3 is 0 Å². The standard InChI is InChI=1S/C8H11N.HI/c1-7-2-4-8(6-9)5-3-7;/h2-5H,6,9H2,1H3;1H. The van der Waals surface area contributed by atoms with Gasteiger partial charge in [-0.25, -0.2) is 0 Å². The Labute approximate surface area is 78.6 Å². The SMILES string of the molecule is Cc1ccc(CN)cc1.I. The molecule has 1 aromatic carbocycles. The predicted molar refractivity (Wildman–Crippen MR) is 54.5 cm³/mol. The van der Waals surface area contributed by atoms with Gasteiger partial charge in [0, 0.05) is 6.54 Å². The zero-order chi connectivity index (χ0) is 6.69. The number of aryl methyl sites for hydroxylation is 1. The first-order valence-electron chi connectivity index (χ1n) is 3.08. The number of nitrogens with two attached hydrogens (primary N) is 1. The monoisotopic (exact) mass is 249 g/mol. The van der Waals surface area contributed by atoms with Gasteiger partial charge in [0.2, 0.25) is 0 Å². The lowest BCUT2D eigenvalue weighted by Crippen LogP contribution is -1.94. The van der Waals surface area contributed by atoms with Crippen LogP contribution in [-0.2, 0) is 6.54 Å². The van der Waals surface area contributed by atoms with E-state index in [4.69, 9.17) is 5.73 Å². The Morgan fingerprint density at radius 2 is 1.70 bits per heavy atom. The molecule has 0 saturated heterocycles. The molecular formula is C8H12IN. The fourth-order valence-electron chi connectivity index (χ4n) is 0.724. The number of halogens is 1. The van der Waals surface area contributed by atoms with E-state index in [2.05, 4.69) is 31.2 Å². The molecule has 1 aromatic rings. The average molecular weight is 249 g/mol. The van der Waals surface area contributed by atoms with Crippen LogP contribution in [0.1, 0.15) is 11.1 Å². The van der Waals surface area contributed by atoms with Gasteiger partial charge in [-0.1, -0.05) is 29.8 Å². The summed E-state index contributed by atoms with van der Waals surface area (Å²) in [6, 6.07) is 8.25. The number of hydrogen-bond acceptors (Lipinski definition) is 1. The highest BCUT2D eigenvalue weighted by atomic mass is 127. The second kappa shape index (κ2) is 4.68. The first kappa shape index (κ1) is 9.91. The topological polar surface area (TPSA) is 26.0 Å². The van der Waals surface area contributed by atoms with Crippen LogP contribution in [0.4, 0.5) is 0 Å². The van der Waals surface area contributed by atoms with Crippen molar-refractivity contribution < 1.29 is 0 Å². The van der Waals surface area contributed by atoms with E-state index in [0.717, 1.165) is 0 Å². The molecule has 0 fully saturated rings. The van der Waals surface area contributed by atoms with E-state index in [1.165, 1.54) is 11.1 Å². The molecule has 0 heterocycles. The zero-order valence-electron chi connectivity index (χ0n) is 6.00. The van der Waals surface area contributed by atoms with Crippen molar-refractivity contribution in [2.45, 2.75) is 13.5 Å². The van der Waals surface area contributed by atoms with Gasteiger partial charge in [-0.05, 0) is 12.5 Å². The lowest BCUT2D eigenvalue weighted by Gasteiger charge is -1.94. The summed E-state index contributed by atoms with van der Waals surface area (Å²) < 4.78 is 0. The molecule has 0 aliphatic heterocycles. The van der Waals surface area contributed by atoms with Gasteiger partial charge < -0.3 is 5.73 Å². The van der Waals surface area contributed by atoms with Crippen molar-refractivity contribution in [3.63, 3.8) is 0 Å². The van der Waals surface area contributed by atoms with Gasteiger partial charge in [-0.3, -0.25) is 0 Å². The van der Waals surface area contributed by atoms with Crippen LogP contribution < -0.4 is 5.73 Å². The summed E-state index contributed by atoms with van der Waals surface area (Å²) in [6.07, 6.45) is 0. The molecule has 1 rings (SSSR count). The minimum Gasteiger partial charge on any atom is -0.326 e. The molecule has 0 saturated carbocycles. The Bertz CT molecular complexity index is 181. The van der Waals surface area contributed by atoms with Crippen molar-refractivity contribution in [1.82, 2.24) is 0 Å². The summed E-state index contributed by atoms with van der Waals surface area (Å²) >= 11 is 0. The van der Waals surface area contributed by atoms with Gasteiger partial charge in [0.25, 0.3) is 0 Å². The van der Waals surface area contributed by atoms with E-state index < -0.39 is 0 Å². The van der Waals surface area contributed by atoms with Crippen LogP contribution >= 0.6 is 24.0 Å². The third-order valence-corrected chi connectivity index (χ3v) is 1.36. The van der Waals surface area contributed by atoms with Gasteiger partial charge in [0.05, 0.1) is 0 Å². The molecule has 10 heavy (non-hydrogen) atoms. The minimum absolute atomic E-state index is 0. The first-order chi connectivity index (χ1) is 4.33. The van der Waals surface area contributed by atoms with Crippen molar-refractivity contribution in [3.8, 4) is 0 Å². The van der Waals surface area contributed by atoms with E-state index >= 15 is 0 Å². The van der Waals surface area contributed by atoms with Crippen molar-refractivity contribution in [3.05, 3.63) is 35.4 Å². The van der Waals surface area contributed by atoms with Crippen LogP contribution in [0.2, 0.25) is 0 Å². The Morgan fingerprint density at radius 1 is 1.20 bits per heavy atom. The molecule has 56 valence electrons. The maximum atomic E-state index is 5.40. The Balaban J connectivity index is 0.000000810. The third-order valence-electron chi connectivity index (χ3n) is 1.36. The molecule has 0 atom stereocenters. The average Bonchev–Trinajstić information content (AvgIpc) is 1.90. The van der Waals surface area contributed by atoms with Gasteiger partial charge in [0.1, 0.15) is 0 Å². The van der Waals surface area contributed by atoms with E-state index in [1.807, 2.05) is 0 Å². The summed E-state index contributed by atoms with van der Waals surface area (Å²) in [5.74, 6) is 0. The van der Waals surface area contributed by atoms with Crippen molar-refractivity contribution in [2.24, 2.45) is 5.73 Å². The summed E-state index contributed by atoms with van der Waals surface area (Å²) in [4.78, 5) is 0. The highest BCUT2D eigenvalue weighted by Crippen LogP contribution is 2.00. The van der Waals surface area contributed by atoms with E-state index in [1.54, 1.807) is 0 Å². The maximum absolute atomic E-state index is 5.40. The zero-order valence-corrected chi connectivity index (χ0v) is 8.33. The molecule has 2 heteroatoms. The normalized spacial score (nSPS) is 8.60. The highest BCUT2D eigenvalue weighted by Gasteiger charge is 1.84. The predicted octanol–water partition coefficient (Wildman–Crippen LogP) is 2.07. The maximum Gasteiger partial charge on any atom is 0.0178 e. The van der Waals surface area contributed by atoms with E-state index in [0.29, 0.717) is 6.54 Å². The summed E-state index contributed by atoms with van der Waals surface area (Å²) in [5.41, 5.74) is 7.88. The molecule has 0 aromatic heterocycles. The van der Waals surface area contributed by atoms with Crippen LogP contribution in [-0.4, -0.2) is 0 Å². The number of hydrogen-bond donors (Lipinski definition) is 1. The van der Waals surface area contributed by atoms with Crippen LogP contribution in [0.5, 0.6) is 0 Å². The molecule has 0 unspecified atom stereocenters. The van der Waals surface area contributed by atoms with Crippen LogP contribution in [0.25, 0.3) is 0 Å². The summed E-state index contributed by atoms with van der Waals surface area (Å²) in [5, 5.41) is 0. The highest BCUT2D eigenvalue weighted by molar-refractivity contribution is 14.0. The lowest BCUT2D eigenvalue weighted by molar-refractivity contribution is 1.07. The summed E-state index contributed by atoms with van der Waals surface area (Å²) in [6.45, 7) is 2.71.